The van der Waals surface area contributed by atoms with Crippen molar-refractivity contribution in [3.05, 3.63) is 30.2 Å². The van der Waals surface area contributed by atoms with E-state index >= 15 is 0 Å². The predicted molar refractivity (Wildman–Crippen MR) is 82.1 cm³/mol. The van der Waals surface area contributed by atoms with Gasteiger partial charge in [0.05, 0.1) is 18.3 Å². The summed E-state index contributed by atoms with van der Waals surface area (Å²) in [4.78, 5) is 5.12. The Balaban J connectivity index is 1.56. The number of nitrogens with zero attached hydrogens (tertiary/aromatic N) is 3. The molecule has 1 atom stereocenters. The number of hydrogen-bond acceptors (Lipinski definition) is 8. The van der Waals surface area contributed by atoms with Gasteiger partial charge in [-0.3, -0.25) is 0 Å². The van der Waals surface area contributed by atoms with Crippen molar-refractivity contribution in [1.82, 2.24) is 14.5 Å². The van der Waals surface area contributed by atoms with Crippen molar-refractivity contribution in [1.29, 1.82) is 0 Å². The van der Waals surface area contributed by atoms with Crippen molar-refractivity contribution in [3.63, 3.8) is 0 Å². The number of hydrogen-bond donors (Lipinski definition) is 1. The normalized spacial score (nSPS) is 12.3. The van der Waals surface area contributed by atoms with E-state index in [-0.39, 0.29) is 6.04 Å². The van der Waals surface area contributed by atoms with Crippen molar-refractivity contribution in [2.75, 3.05) is 12.4 Å². The van der Waals surface area contributed by atoms with Gasteiger partial charge in [-0.05, 0) is 37.0 Å². The van der Waals surface area contributed by atoms with E-state index in [4.69, 9.17) is 13.7 Å². The van der Waals surface area contributed by atoms with Crippen LogP contribution in [0.4, 0.5) is 6.01 Å². The second-order valence-corrected chi connectivity index (χ2v) is 5.63. The molecule has 1 N–H and O–H groups in total. The average molecular weight is 320 g/mol. The van der Waals surface area contributed by atoms with Crippen LogP contribution < -0.4 is 10.1 Å². The van der Waals surface area contributed by atoms with Crippen molar-refractivity contribution in [2.45, 2.75) is 25.8 Å². The molecule has 0 spiro atoms. The minimum atomic E-state index is 0.189. The number of aromatic nitrogens is 3. The van der Waals surface area contributed by atoms with Gasteiger partial charge < -0.3 is 19.0 Å². The summed E-state index contributed by atoms with van der Waals surface area (Å²) < 4.78 is 19.7. The number of aryl methyl sites for hydroxylation is 1. The average Bonchev–Trinajstić information content (AvgIpc) is 3.25. The van der Waals surface area contributed by atoms with Crippen LogP contribution in [0, 0.1) is 0 Å². The lowest BCUT2D eigenvalue weighted by Gasteiger charge is -2.09. The maximum atomic E-state index is 5.31. The molecule has 0 amide bonds. The summed E-state index contributed by atoms with van der Waals surface area (Å²) in [6.07, 6.45) is 3.44. The minimum Gasteiger partial charge on any atom is -0.480 e. The molecular formula is C14H16N4O3S. The first-order valence-electron chi connectivity index (χ1n) is 6.88. The second-order valence-electron chi connectivity index (χ2n) is 4.82. The van der Waals surface area contributed by atoms with Gasteiger partial charge in [-0.1, -0.05) is 5.16 Å². The standard InChI is InChI=1S/C14H16N4O3S/c1-9(5-6-10-4-3-7-20-10)15-14-16-13(17-21-14)11-8-12(19-2)18-22-11/h3-4,7-9H,5-6H2,1-2H3,(H,15,16,17). The van der Waals surface area contributed by atoms with Crippen LogP contribution in [0.2, 0.25) is 0 Å². The molecule has 0 aliphatic heterocycles. The molecule has 8 heteroatoms. The molecule has 0 radical (unpaired) electrons. The van der Waals surface area contributed by atoms with Crippen LogP contribution in [-0.2, 0) is 6.42 Å². The molecule has 3 aromatic heterocycles. The molecule has 22 heavy (non-hydrogen) atoms. The van der Waals surface area contributed by atoms with E-state index in [1.807, 2.05) is 12.1 Å². The Hall–Kier alpha value is -2.35. The third kappa shape index (κ3) is 3.45. The highest BCUT2D eigenvalue weighted by molar-refractivity contribution is 7.09. The molecule has 0 aromatic carbocycles. The number of rotatable bonds is 7. The molecule has 7 nitrogen and oxygen atoms in total. The molecule has 0 bridgehead atoms. The molecule has 0 saturated carbocycles. The summed E-state index contributed by atoms with van der Waals surface area (Å²) in [5.74, 6) is 2.02. The van der Waals surface area contributed by atoms with Crippen molar-refractivity contribution >= 4 is 17.5 Å². The quantitative estimate of drug-likeness (QED) is 0.715. The Morgan fingerprint density at radius 1 is 1.45 bits per heavy atom. The zero-order valence-electron chi connectivity index (χ0n) is 12.3. The van der Waals surface area contributed by atoms with Gasteiger partial charge in [0.1, 0.15) is 5.76 Å². The molecule has 0 fully saturated rings. The first-order chi connectivity index (χ1) is 10.7. The van der Waals surface area contributed by atoms with Gasteiger partial charge >= 0.3 is 6.01 Å². The van der Waals surface area contributed by atoms with E-state index in [9.17, 15) is 0 Å². The molecule has 1 unspecified atom stereocenters. The van der Waals surface area contributed by atoms with Crippen LogP contribution in [0.3, 0.4) is 0 Å². The lowest BCUT2D eigenvalue weighted by molar-refractivity contribution is 0.402. The van der Waals surface area contributed by atoms with Gasteiger partial charge in [0, 0.05) is 18.5 Å². The maximum absolute atomic E-state index is 5.31. The van der Waals surface area contributed by atoms with E-state index < -0.39 is 0 Å². The second kappa shape index (κ2) is 6.61. The van der Waals surface area contributed by atoms with Gasteiger partial charge in [0.15, 0.2) is 0 Å². The van der Waals surface area contributed by atoms with Gasteiger partial charge in [-0.2, -0.15) is 9.36 Å². The fourth-order valence-electron chi connectivity index (χ4n) is 1.94. The molecule has 116 valence electrons. The fourth-order valence-corrected chi connectivity index (χ4v) is 2.57. The van der Waals surface area contributed by atoms with Crippen LogP contribution in [-0.4, -0.2) is 27.7 Å². The Bertz CT molecular complexity index is 707. The topological polar surface area (TPSA) is 86.2 Å². The number of methoxy groups -OCH3 is 1. The Kier molecular flexibility index (Phi) is 4.38. The summed E-state index contributed by atoms with van der Waals surface area (Å²) >= 11 is 1.27. The molecule has 0 aliphatic carbocycles. The summed E-state index contributed by atoms with van der Waals surface area (Å²) in [6, 6.07) is 6.22. The van der Waals surface area contributed by atoms with E-state index in [0.717, 1.165) is 23.5 Å². The molecule has 3 rings (SSSR count). The van der Waals surface area contributed by atoms with Crippen molar-refractivity contribution < 1.29 is 13.7 Å². The van der Waals surface area contributed by atoms with Gasteiger partial charge in [-0.25, -0.2) is 0 Å². The largest absolute Gasteiger partial charge is 0.480 e. The Morgan fingerprint density at radius 2 is 2.36 bits per heavy atom. The minimum absolute atomic E-state index is 0.189. The van der Waals surface area contributed by atoms with E-state index in [0.29, 0.717) is 17.7 Å². The van der Waals surface area contributed by atoms with Crippen LogP contribution >= 0.6 is 11.5 Å². The summed E-state index contributed by atoms with van der Waals surface area (Å²) in [5, 5.41) is 7.13. The molecule has 3 aromatic rings. The summed E-state index contributed by atoms with van der Waals surface area (Å²) in [5.41, 5.74) is 0. The number of ether oxygens (including phenoxy) is 1. The molecule has 0 aliphatic rings. The molecule has 0 saturated heterocycles. The Morgan fingerprint density at radius 3 is 3.09 bits per heavy atom. The van der Waals surface area contributed by atoms with Crippen molar-refractivity contribution in [3.8, 4) is 16.6 Å². The highest BCUT2D eigenvalue weighted by Crippen LogP contribution is 2.26. The smallest absolute Gasteiger partial charge is 0.322 e. The van der Waals surface area contributed by atoms with Crippen LogP contribution in [0.15, 0.2) is 33.4 Å². The van der Waals surface area contributed by atoms with Gasteiger partial charge in [-0.15, -0.1) is 0 Å². The zero-order chi connectivity index (χ0) is 15.4. The fraction of sp³-hybridized carbons (Fsp3) is 0.357. The summed E-state index contributed by atoms with van der Waals surface area (Å²) in [7, 11) is 1.57. The highest BCUT2D eigenvalue weighted by atomic mass is 32.1. The zero-order valence-corrected chi connectivity index (χ0v) is 13.1. The highest BCUT2D eigenvalue weighted by Gasteiger charge is 2.14. The lowest BCUT2D eigenvalue weighted by Crippen LogP contribution is -2.16. The molecule has 3 heterocycles. The predicted octanol–water partition coefficient (Wildman–Crippen LogP) is 3.23. The van der Waals surface area contributed by atoms with Gasteiger partial charge in [0.2, 0.25) is 11.7 Å². The van der Waals surface area contributed by atoms with Crippen molar-refractivity contribution in [2.24, 2.45) is 0 Å². The number of anilines is 1. The monoisotopic (exact) mass is 320 g/mol. The van der Waals surface area contributed by atoms with Gasteiger partial charge in [0.25, 0.3) is 0 Å². The van der Waals surface area contributed by atoms with Crippen LogP contribution in [0.5, 0.6) is 5.88 Å². The third-order valence-corrected chi connectivity index (χ3v) is 3.89. The van der Waals surface area contributed by atoms with Crippen LogP contribution in [0.1, 0.15) is 19.1 Å². The van der Waals surface area contributed by atoms with E-state index in [1.54, 1.807) is 19.4 Å². The third-order valence-electron chi connectivity index (χ3n) is 3.12. The molecular weight excluding hydrogens is 304 g/mol. The first-order valence-corrected chi connectivity index (χ1v) is 7.65. The lowest BCUT2D eigenvalue weighted by atomic mass is 10.1. The first kappa shape index (κ1) is 14.6. The van der Waals surface area contributed by atoms with E-state index in [2.05, 4.69) is 26.8 Å². The van der Waals surface area contributed by atoms with Crippen LogP contribution in [0.25, 0.3) is 10.7 Å². The number of furan rings is 1. The Labute approximate surface area is 131 Å². The maximum Gasteiger partial charge on any atom is 0.322 e. The summed E-state index contributed by atoms with van der Waals surface area (Å²) in [6.45, 7) is 2.06. The SMILES string of the molecule is COc1cc(-c2noc(NC(C)CCc3ccco3)n2)sn1. The number of nitrogens with one attached hydrogen (secondary N) is 1. The van der Waals surface area contributed by atoms with E-state index in [1.165, 1.54) is 11.5 Å².